The van der Waals surface area contributed by atoms with E-state index in [2.05, 4.69) is 24.1 Å². The first-order valence-corrected chi connectivity index (χ1v) is 5.49. The molecule has 0 bridgehead atoms. The highest BCUT2D eigenvalue weighted by molar-refractivity contribution is 5.42. The molecule has 0 radical (unpaired) electrons. The number of nitrogens with zero attached hydrogens (tertiary/aromatic N) is 1. The van der Waals surface area contributed by atoms with Crippen molar-refractivity contribution in [3.8, 4) is 0 Å². The molecular weight excluding hydrogens is 202 g/mol. The van der Waals surface area contributed by atoms with Crippen LogP contribution >= 0.6 is 0 Å². The minimum Gasteiger partial charge on any atom is -0.385 e. The molecule has 90 valence electrons. The number of nitrogens with two attached hydrogens (primary N) is 1. The molecule has 0 atom stereocenters. The molecule has 4 heteroatoms. The standard InChI is InChI=1S/C12H21N3O/c1-12(2,7-8-16-3)9-14-11-6-4-5-10(13)15-11/h4-6H,7-9H2,1-3H3,(H3,13,14,15). The lowest BCUT2D eigenvalue weighted by molar-refractivity contribution is 0.157. The zero-order valence-electron chi connectivity index (χ0n) is 10.3. The number of pyridine rings is 1. The molecule has 0 aliphatic carbocycles. The van der Waals surface area contributed by atoms with E-state index in [1.54, 1.807) is 13.2 Å². The van der Waals surface area contributed by atoms with Crippen molar-refractivity contribution in [3.63, 3.8) is 0 Å². The molecule has 0 aliphatic heterocycles. The molecule has 0 aliphatic rings. The molecular formula is C12H21N3O. The summed E-state index contributed by atoms with van der Waals surface area (Å²) in [5, 5.41) is 3.29. The Hall–Kier alpha value is -1.29. The van der Waals surface area contributed by atoms with Gasteiger partial charge in [0.05, 0.1) is 0 Å². The van der Waals surface area contributed by atoms with Gasteiger partial charge in [-0.1, -0.05) is 19.9 Å². The van der Waals surface area contributed by atoms with Gasteiger partial charge in [-0.05, 0) is 24.0 Å². The fraction of sp³-hybridized carbons (Fsp3) is 0.583. The van der Waals surface area contributed by atoms with E-state index in [9.17, 15) is 0 Å². The average molecular weight is 223 g/mol. The number of hydrogen-bond acceptors (Lipinski definition) is 4. The van der Waals surface area contributed by atoms with Crippen molar-refractivity contribution in [1.82, 2.24) is 4.98 Å². The highest BCUT2D eigenvalue weighted by Crippen LogP contribution is 2.20. The second-order valence-corrected chi connectivity index (χ2v) is 4.71. The average Bonchev–Trinajstić information content (AvgIpc) is 2.24. The van der Waals surface area contributed by atoms with Crippen LogP contribution in [0.1, 0.15) is 20.3 Å². The molecule has 0 amide bonds. The predicted octanol–water partition coefficient (Wildman–Crippen LogP) is 2.14. The molecule has 1 rings (SSSR count). The van der Waals surface area contributed by atoms with Crippen LogP contribution in [0, 0.1) is 5.41 Å². The van der Waals surface area contributed by atoms with E-state index >= 15 is 0 Å². The normalized spacial score (nSPS) is 11.4. The van der Waals surface area contributed by atoms with Crippen LogP contribution in [0.25, 0.3) is 0 Å². The third-order valence-electron chi connectivity index (χ3n) is 2.50. The lowest BCUT2D eigenvalue weighted by Gasteiger charge is -2.24. The maximum atomic E-state index is 5.61. The molecule has 0 aromatic carbocycles. The fourth-order valence-electron chi connectivity index (χ4n) is 1.35. The Bertz CT molecular complexity index is 326. The van der Waals surface area contributed by atoms with E-state index in [0.29, 0.717) is 5.82 Å². The minimum atomic E-state index is 0.183. The van der Waals surface area contributed by atoms with Crippen LogP contribution in [0.4, 0.5) is 11.6 Å². The fourth-order valence-corrected chi connectivity index (χ4v) is 1.35. The molecule has 4 nitrogen and oxygen atoms in total. The van der Waals surface area contributed by atoms with Crippen LogP contribution < -0.4 is 11.1 Å². The Morgan fingerprint density at radius 1 is 1.44 bits per heavy atom. The van der Waals surface area contributed by atoms with Gasteiger partial charge in [0, 0.05) is 20.3 Å². The number of methoxy groups -OCH3 is 1. The van der Waals surface area contributed by atoms with Crippen molar-refractivity contribution in [3.05, 3.63) is 18.2 Å². The van der Waals surface area contributed by atoms with Gasteiger partial charge in [0.25, 0.3) is 0 Å². The monoisotopic (exact) mass is 223 g/mol. The highest BCUT2D eigenvalue weighted by atomic mass is 16.5. The molecule has 1 aromatic heterocycles. The zero-order chi connectivity index (χ0) is 12.0. The largest absolute Gasteiger partial charge is 0.385 e. The lowest BCUT2D eigenvalue weighted by Crippen LogP contribution is -2.25. The first-order valence-electron chi connectivity index (χ1n) is 5.49. The Morgan fingerprint density at radius 2 is 2.19 bits per heavy atom. The predicted molar refractivity (Wildman–Crippen MR) is 67.4 cm³/mol. The van der Waals surface area contributed by atoms with E-state index in [-0.39, 0.29) is 5.41 Å². The summed E-state index contributed by atoms with van der Waals surface area (Å²) in [5.41, 5.74) is 5.79. The van der Waals surface area contributed by atoms with Gasteiger partial charge in [-0.3, -0.25) is 0 Å². The molecule has 0 fully saturated rings. The smallest absolute Gasteiger partial charge is 0.128 e. The van der Waals surface area contributed by atoms with Gasteiger partial charge in [0.1, 0.15) is 11.6 Å². The number of nitrogen functional groups attached to an aromatic ring is 1. The van der Waals surface area contributed by atoms with Gasteiger partial charge in [-0.25, -0.2) is 4.98 Å². The van der Waals surface area contributed by atoms with Crippen LogP contribution in [-0.4, -0.2) is 25.2 Å². The van der Waals surface area contributed by atoms with Crippen LogP contribution in [0.2, 0.25) is 0 Å². The zero-order valence-corrected chi connectivity index (χ0v) is 10.3. The molecule has 0 spiro atoms. The summed E-state index contributed by atoms with van der Waals surface area (Å²) in [6.07, 6.45) is 1.01. The van der Waals surface area contributed by atoms with Gasteiger partial charge in [0.2, 0.25) is 0 Å². The molecule has 1 heterocycles. The quantitative estimate of drug-likeness (QED) is 0.775. The van der Waals surface area contributed by atoms with Crippen molar-refractivity contribution < 1.29 is 4.74 Å². The maximum absolute atomic E-state index is 5.61. The van der Waals surface area contributed by atoms with E-state index in [4.69, 9.17) is 10.5 Å². The first kappa shape index (κ1) is 12.8. The Kier molecular flexibility index (Phi) is 4.55. The SMILES string of the molecule is COCCC(C)(C)CNc1cccc(N)n1. The van der Waals surface area contributed by atoms with Gasteiger partial charge in [0.15, 0.2) is 0 Å². The van der Waals surface area contributed by atoms with Crippen molar-refractivity contribution in [2.45, 2.75) is 20.3 Å². The third kappa shape index (κ3) is 4.49. The maximum Gasteiger partial charge on any atom is 0.128 e. The Balaban J connectivity index is 2.44. The van der Waals surface area contributed by atoms with Crippen LogP contribution in [0.15, 0.2) is 18.2 Å². The summed E-state index contributed by atoms with van der Waals surface area (Å²) in [6, 6.07) is 5.59. The third-order valence-corrected chi connectivity index (χ3v) is 2.50. The summed E-state index contributed by atoms with van der Waals surface area (Å²) in [5.74, 6) is 1.37. The van der Waals surface area contributed by atoms with Gasteiger partial charge < -0.3 is 15.8 Å². The molecule has 0 saturated heterocycles. The van der Waals surface area contributed by atoms with Crippen molar-refractivity contribution in [2.24, 2.45) is 5.41 Å². The molecule has 1 aromatic rings. The minimum absolute atomic E-state index is 0.183. The Labute approximate surface area is 97.2 Å². The number of hydrogen-bond donors (Lipinski definition) is 2. The van der Waals surface area contributed by atoms with Crippen LogP contribution in [-0.2, 0) is 4.74 Å². The van der Waals surface area contributed by atoms with E-state index in [0.717, 1.165) is 25.4 Å². The summed E-state index contributed by atoms with van der Waals surface area (Å²) in [4.78, 5) is 4.19. The number of rotatable bonds is 6. The van der Waals surface area contributed by atoms with Gasteiger partial charge in [-0.2, -0.15) is 0 Å². The molecule has 0 unspecified atom stereocenters. The van der Waals surface area contributed by atoms with Crippen molar-refractivity contribution in [2.75, 3.05) is 31.3 Å². The lowest BCUT2D eigenvalue weighted by atomic mass is 9.90. The van der Waals surface area contributed by atoms with Crippen molar-refractivity contribution in [1.29, 1.82) is 0 Å². The van der Waals surface area contributed by atoms with Crippen LogP contribution in [0.3, 0.4) is 0 Å². The summed E-state index contributed by atoms with van der Waals surface area (Å²) < 4.78 is 5.09. The molecule has 0 saturated carbocycles. The van der Waals surface area contributed by atoms with E-state index < -0.39 is 0 Å². The summed E-state index contributed by atoms with van der Waals surface area (Å²) >= 11 is 0. The van der Waals surface area contributed by atoms with E-state index in [1.165, 1.54) is 0 Å². The van der Waals surface area contributed by atoms with E-state index in [1.807, 2.05) is 12.1 Å². The number of aromatic nitrogens is 1. The molecule has 16 heavy (non-hydrogen) atoms. The first-order chi connectivity index (χ1) is 7.53. The topological polar surface area (TPSA) is 60.2 Å². The Morgan fingerprint density at radius 3 is 2.81 bits per heavy atom. The van der Waals surface area contributed by atoms with Crippen molar-refractivity contribution >= 4 is 11.6 Å². The highest BCUT2D eigenvalue weighted by Gasteiger charge is 2.17. The van der Waals surface area contributed by atoms with Gasteiger partial charge in [-0.15, -0.1) is 0 Å². The summed E-state index contributed by atoms with van der Waals surface area (Å²) in [7, 11) is 1.73. The number of ether oxygens (including phenoxy) is 1. The van der Waals surface area contributed by atoms with Crippen LogP contribution in [0.5, 0.6) is 0 Å². The molecule has 3 N–H and O–H groups in total. The number of anilines is 2. The van der Waals surface area contributed by atoms with Gasteiger partial charge >= 0.3 is 0 Å². The summed E-state index contributed by atoms with van der Waals surface area (Å²) in [6.45, 7) is 6.03. The second-order valence-electron chi connectivity index (χ2n) is 4.71. The second kappa shape index (κ2) is 5.70. The number of nitrogens with one attached hydrogen (secondary N) is 1.